The van der Waals surface area contributed by atoms with Gasteiger partial charge in [-0.15, -0.1) is 0 Å². The number of hydrogen-bond donors (Lipinski definition) is 2. The number of ether oxygens (including phenoxy) is 2. The van der Waals surface area contributed by atoms with E-state index in [1.165, 1.54) is 0 Å². The van der Waals surface area contributed by atoms with Crippen molar-refractivity contribution in [2.45, 2.75) is 0 Å². The summed E-state index contributed by atoms with van der Waals surface area (Å²) in [5.74, 6) is 1.48. The highest BCUT2D eigenvalue weighted by Gasteiger charge is 2.15. The number of nitrogens with one attached hydrogen (secondary N) is 2. The van der Waals surface area contributed by atoms with Crippen LogP contribution in [0.3, 0.4) is 0 Å². The second-order valence-corrected chi connectivity index (χ2v) is 4.44. The van der Waals surface area contributed by atoms with Crippen molar-refractivity contribution in [1.29, 1.82) is 0 Å². The van der Waals surface area contributed by atoms with Gasteiger partial charge in [-0.1, -0.05) is 0 Å². The summed E-state index contributed by atoms with van der Waals surface area (Å²) in [4.78, 5) is 0. The van der Waals surface area contributed by atoms with Crippen LogP contribution < -0.4 is 20.1 Å². The molecule has 0 atom stereocenters. The van der Waals surface area contributed by atoms with E-state index in [4.69, 9.17) is 21.7 Å². The predicted octanol–water partition coefficient (Wildman–Crippen LogP) is 2.14. The molecule has 1 aliphatic heterocycles. The molecule has 2 rings (SSSR count). The van der Waals surface area contributed by atoms with Gasteiger partial charge in [-0.05, 0) is 28.1 Å². The van der Waals surface area contributed by atoms with E-state index in [0.717, 1.165) is 21.7 Å². The monoisotopic (exact) mass is 302 g/mol. The summed E-state index contributed by atoms with van der Waals surface area (Å²) in [6, 6.07) is 3.73. The van der Waals surface area contributed by atoms with Crippen molar-refractivity contribution in [2.24, 2.45) is 0 Å². The van der Waals surface area contributed by atoms with Crippen LogP contribution in [0.5, 0.6) is 11.5 Å². The van der Waals surface area contributed by atoms with E-state index in [1.807, 2.05) is 12.1 Å². The van der Waals surface area contributed by atoms with Crippen molar-refractivity contribution < 1.29 is 9.47 Å². The number of rotatable bonds is 1. The van der Waals surface area contributed by atoms with Crippen molar-refractivity contribution in [1.82, 2.24) is 5.32 Å². The van der Waals surface area contributed by atoms with Gasteiger partial charge in [-0.3, -0.25) is 0 Å². The lowest BCUT2D eigenvalue weighted by molar-refractivity contribution is 0.171. The molecule has 0 fully saturated rings. The van der Waals surface area contributed by atoms with Gasteiger partial charge in [-0.25, -0.2) is 0 Å². The quantitative estimate of drug-likeness (QED) is 0.778. The predicted molar refractivity (Wildman–Crippen MR) is 70.4 cm³/mol. The largest absolute Gasteiger partial charge is 0.486 e. The van der Waals surface area contributed by atoms with Crippen molar-refractivity contribution >= 4 is 38.9 Å². The smallest absolute Gasteiger partial charge is 0.170 e. The van der Waals surface area contributed by atoms with Crippen molar-refractivity contribution in [2.75, 3.05) is 25.6 Å². The van der Waals surface area contributed by atoms with Crippen LogP contribution in [0.25, 0.3) is 0 Å². The molecule has 0 radical (unpaired) electrons. The fourth-order valence-corrected chi connectivity index (χ4v) is 1.88. The molecule has 0 aromatic heterocycles. The maximum Gasteiger partial charge on any atom is 0.170 e. The Morgan fingerprint density at radius 1 is 1.31 bits per heavy atom. The molecule has 0 spiro atoms. The van der Waals surface area contributed by atoms with E-state index in [1.54, 1.807) is 7.05 Å². The zero-order valence-corrected chi connectivity index (χ0v) is 11.1. The highest BCUT2D eigenvalue weighted by Crippen LogP contribution is 2.37. The number of hydrogen-bond acceptors (Lipinski definition) is 3. The molecule has 0 saturated heterocycles. The lowest BCUT2D eigenvalue weighted by Crippen LogP contribution is -2.24. The van der Waals surface area contributed by atoms with Crippen LogP contribution in [-0.4, -0.2) is 25.4 Å². The molecule has 1 aliphatic rings. The lowest BCUT2D eigenvalue weighted by atomic mass is 10.2. The summed E-state index contributed by atoms with van der Waals surface area (Å²) in [6.45, 7) is 1.16. The van der Waals surface area contributed by atoms with Crippen LogP contribution in [0, 0.1) is 0 Å². The normalized spacial score (nSPS) is 13.1. The summed E-state index contributed by atoms with van der Waals surface area (Å²) in [6.07, 6.45) is 0. The second-order valence-electron chi connectivity index (χ2n) is 3.18. The zero-order chi connectivity index (χ0) is 11.5. The highest BCUT2D eigenvalue weighted by atomic mass is 79.9. The molecular formula is C10H11BrN2O2S. The van der Waals surface area contributed by atoms with Gasteiger partial charge in [0, 0.05) is 23.7 Å². The number of fused-ring (bicyclic) bond motifs is 1. The van der Waals surface area contributed by atoms with Crippen molar-refractivity contribution in [3.05, 3.63) is 16.6 Å². The van der Waals surface area contributed by atoms with Crippen LogP contribution in [0.4, 0.5) is 5.69 Å². The minimum absolute atomic E-state index is 0.553. The molecule has 1 aromatic rings. The van der Waals surface area contributed by atoms with Crippen LogP contribution in [0.2, 0.25) is 0 Å². The molecule has 0 amide bonds. The average molecular weight is 303 g/mol. The SMILES string of the molecule is CNC(=S)Nc1cc2c(cc1Br)OCCO2. The fourth-order valence-electron chi connectivity index (χ4n) is 1.34. The van der Waals surface area contributed by atoms with Crippen LogP contribution in [0.15, 0.2) is 16.6 Å². The standard InChI is InChI=1S/C10H11BrN2O2S/c1-12-10(16)13-7-5-9-8(4-6(7)11)14-2-3-15-9/h4-5H,2-3H2,1H3,(H2,12,13,16). The topological polar surface area (TPSA) is 42.5 Å². The molecule has 0 unspecified atom stereocenters. The fraction of sp³-hybridized carbons (Fsp3) is 0.300. The minimum atomic E-state index is 0.553. The van der Waals surface area contributed by atoms with Crippen LogP contribution in [0.1, 0.15) is 0 Å². The van der Waals surface area contributed by atoms with Crippen LogP contribution in [-0.2, 0) is 0 Å². The third-order valence-corrected chi connectivity index (χ3v) is 3.07. The third kappa shape index (κ3) is 2.38. The van der Waals surface area contributed by atoms with Crippen molar-refractivity contribution in [3.63, 3.8) is 0 Å². The molecule has 0 aliphatic carbocycles. The molecule has 4 nitrogen and oxygen atoms in total. The maximum atomic E-state index is 5.48. The van der Waals surface area contributed by atoms with Gasteiger partial charge in [0.1, 0.15) is 13.2 Å². The van der Waals surface area contributed by atoms with E-state index in [2.05, 4.69) is 26.6 Å². The lowest BCUT2D eigenvalue weighted by Gasteiger charge is -2.20. The molecule has 1 heterocycles. The molecular weight excluding hydrogens is 292 g/mol. The second kappa shape index (κ2) is 4.88. The van der Waals surface area contributed by atoms with E-state index in [-0.39, 0.29) is 0 Å². The Kier molecular flexibility index (Phi) is 3.50. The summed E-state index contributed by atoms with van der Waals surface area (Å²) < 4.78 is 11.8. The summed E-state index contributed by atoms with van der Waals surface area (Å²) in [5.41, 5.74) is 0.851. The Morgan fingerprint density at radius 3 is 2.56 bits per heavy atom. The first-order valence-corrected chi connectivity index (χ1v) is 5.98. The van der Waals surface area contributed by atoms with E-state index in [0.29, 0.717) is 18.3 Å². The van der Waals surface area contributed by atoms with Gasteiger partial charge in [0.2, 0.25) is 0 Å². The molecule has 2 N–H and O–H groups in total. The first-order valence-electron chi connectivity index (χ1n) is 4.78. The van der Waals surface area contributed by atoms with Gasteiger partial charge >= 0.3 is 0 Å². The minimum Gasteiger partial charge on any atom is -0.486 e. The Morgan fingerprint density at radius 2 is 1.94 bits per heavy atom. The summed E-state index contributed by atoms with van der Waals surface area (Å²) in [7, 11) is 1.77. The zero-order valence-electron chi connectivity index (χ0n) is 8.67. The first kappa shape index (κ1) is 11.5. The molecule has 86 valence electrons. The van der Waals surface area contributed by atoms with E-state index < -0.39 is 0 Å². The highest BCUT2D eigenvalue weighted by molar-refractivity contribution is 9.10. The number of anilines is 1. The summed E-state index contributed by atoms with van der Waals surface area (Å²) in [5, 5.41) is 6.45. The van der Waals surface area contributed by atoms with E-state index in [9.17, 15) is 0 Å². The Bertz CT molecular complexity index is 426. The Balaban J connectivity index is 2.28. The van der Waals surface area contributed by atoms with Gasteiger partial charge in [-0.2, -0.15) is 0 Å². The van der Waals surface area contributed by atoms with Gasteiger partial charge in [0.25, 0.3) is 0 Å². The Labute approximate surface area is 107 Å². The van der Waals surface area contributed by atoms with E-state index >= 15 is 0 Å². The number of halogens is 1. The maximum absolute atomic E-state index is 5.48. The van der Waals surface area contributed by atoms with Crippen LogP contribution >= 0.6 is 28.1 Å². The van der Waals surface area contributed by atoms with Gasteiger partial charge < -0.3 is 20.1 Å². The molecule has 16 heavy (non-hydrogen) atoms. The number of benzene rings is 1. The van der Waals surface area contributed by atoms with Gasteiger partial charge in [0.15, 0.2) is 16.6 Å². The summed E-state index contributed by atoms with van der Waals surface area (Å²) >= 11 is 8.48. The molecule has 0 saturated carbocycles. The number of thiocarbonyl (C=S) groups is 1. The first-order chi connectivity index (χ1) is 7.70. The van der Waals surface area contributed by atoms with Crippen molar-refractivity contribution in [3.8, 4) is 11.5 Å². The molecule has 1 aromatic carbocycles. The van der Waals surface area contributed by atoms with Gasteiger partial charge in [0.05, 0.1) is 5.69 Å². The third-order valence-electron chi connectivity index (χ3n) is 2.11. The molecule has 0 bridgehead atoms. The average Bonchev–Trinajstić information content (AvgIpc) is 2.30. The molecule has 6 heteroatoms. The Hall–Kier alpha value is -1.01.